The van der Waals surface area contributed by atoms with Crippen LogP contribution in [0.4, 0.5) is 0 Å². The van der Waals surface area contributed by atoms with Crippen molar-refractivity contribution in [1.82, 2.24) is 15.1 Å². The molecule has 6 heteroatoms. The van der Waals surface area contributed by atoms with E-state index in [1.807, 2.05) is 35.2 Å². The third-order valence-corrected chi connectivity index (χ3v) is 5.03. The van der Waals surface area contributed by atoms with Gasteiger partial charge in [-0.2, -0.15) is 0 Å². The van der Waals surface area contributed by atoms with Crippen molar-refractivity contribution >= 4 is 17.7 Å². The van der Waals surface area contributed by atoms with Gasteiger partial charge in [-0.15, -0.1) is 10.2 Å². The monoisotopic (exact) mass is 331 g/mol. The normalized spacial score (nSPS) is 21.4. The van der Waals surface area contributed by atoms with Gasteiger partial charge in [-0.25, -0.2) is 0 Å². The van der Waals surface area contributed by atoms with E-state index < -0.39 is 0 Å². The highest BCUT2D eigenvalue weighted by Crippen LogP contribution is 2.26. The second-order valence-corrected chi connectivity index (χ2v) is 6.88. The van der Waals surface area contributed by atoms with E-state index in [2.05, 4.69) is 24.0 Å². The molecule has 1 fully saturated rings. The number of hydrogen-bond acceptors (Lipinski definition) is 5. The lowest BCUT2D eigenvalue weighted by molar-refractivity contribution is -0.134. The van der Waals surface area contributed by atoms with Gasteiger partial charge >= 0.3 is 0 Å². The Morgan fingerprint density at radius 3 is 2.61 bits per heavy atom. The smallest absolute Gasteiger partial charge is 0.277 e. The molecular weight excluding hydrogens is 310 g/mol. The third kappa shape index (κ3) is 3.75. The Balaban J connectivity index is 1.60. The number of aromatic nitrogens is 2. The summed E-state index contributed by atoms with van der Waals surface area (Å²) in [5.41, 5.74) is 0.886. The maximum atomic E-state index is 12.5. The Hall–Kier alpha value is -1.82. The quantitative estimate of drug-likeness (QED) is 0.801. The second-order valence-electron chi connectivity index (χ2n) is 5.96. The molecule has 2 heterocycles. The summed E-state index contributed by atoms with van der Waals surface area (Å²) in [5, 5.41) is 8.51. The highest BCUT2D eigenvalue weighted by Gasteiger charge is 2.29. The van der Waals surface area contributed by atoms with Crippen LogP contribution in [0, 0.1) is 0 Å². The van der Waals surface area contributed by atoms with Gasteiger partial charge in [-0.3, -0.25) is 4.79 Å². The van der Waals surface area contributed by atoms with Crippen LogP contribution in [0.2, 0.25) is 0 Å². The lowest BCUT2D eigenvalue weighted by Crippen LogP contribution is -2.48. The molecule has 1 aromatic carbocycles. The minimum absolute atomic E-state index is 0.147. The van der Waals surface area contributed by atoms with Gasteiger partial charge in [0, 0.05) is 17.6 Å². The van der Waals surface area contributed by atoms with E-state index in [1.54, 1.807) is 0 Å². The molecule has 0 N–H and O–H groups in total. The SMILES string of the molecule is C[C@H]1CCC[C@H](C)N1C(=O)CSc1nnc(-c2ccccc2)o1. The maximum absolute atomic E-state index is 12.5. The number of benzene rings is 1. The minimum Gasteiger partial charge on any atom is -0.411 e. The largest absolute Gasteiger partial charge is 0.411 e. The molecule has 3 rings (SSSR count). The van der Waals surface area contributed by atoms with Gasteiger partial charge in [0.05, 0.1) is 5.75 Å². The highest BCUT2D eigenvalue weighted by atomic mass is 32.2. The van der Waals surface area contributed by atoms with E-state index in [-0.39, 0.29) is 5.91 Å². The number of piperidine rings is 1. The molecule has 1 aromatic heterocycles. The molecule has 0 unspecified atom stereocenters. The molecule has 1 aliphatic heterocycles. The second kappa shape index (κ2) is 7.17. The van der Waals surface area contributed by atoms with Gasteiger partial charge in [-0.1, -0.05) is 30.0 Å². The molecule has 0 saturated carbocycles. The fourth-order valence-corrected chi connectivity index (χ4v) is 3.71. The van der Waals surface area contributed by atoms with E-state index in [0.29, 0.717) is 29.0 Å². The fraction of sp³-hybridized carbons (Fsp3) is 0.471. The molecule has 0 spiro atoms. The van der Waals surface area contributed by atoms with Gasteiger partial charge in [0.15, 0.2) is 0 Å². The van der Waals surface area contributed by atoms with E-state index in [1.165, 1.54) is 18.2 Å². The van der Waals surface area contributed by atoms with Crippen molar-refractivity contribution in [3.8, 4) is 11.5 Å². The molecule has 5 nitrogen and oxygen atoms in total. The van der Waals surface area contributed by atoms with Crippen LogP contribution in [0.15, 0.2) is 40.0 Å². The molecule has 0 aliphatic carbocycles. The standard InChI is InChI=1S/C17H21N3O2S/c1-12-7-6-8-13(2)20(12)15(21)11-23-17-19-18-16(22-17)14-9-4-3-5-10-14/h3-5,9-10,12-13H,6-8,11H2,1-2H3/t12-,13-/m0/s1. The Morgan fingerprint density at radius 1 is 1.22 bits per heavy atom. The van der Waals surface area contributed by atoms with E-state index >= 15 is 0 Å². The van der Waals surface area contributed by atoms with Gasteiger partial charge in [0.1, 0.15) is 0 Å². The molecule has 2 atom stereocenters. The highest BCUT2D eigenvalue weighted by molar-refractivity contribution is 7.99. The third-order valence-electron chi connectivity index (χ3n) is 4.23. The molecule has 122 valence electrons. The van der Waals surface area contributed by atoms with Crippen LogP contribution in [0.25, 0.3) is 11.5 Å². The summed E-state index contributed by atoms with van der Waals surface area (Å²) in [5.74, 6) is 0.972. The van der Waals surface area contributed by atoms with Crippen LogP contribution in [0.5, 0.6) is 0 Å². The van der Waals surface area contributed by atoms with Crippen LogP contribution in [-0.2, 0) is 4.79 Å². The Bertz CT molecular complexity index is 649. The Labute approximate surface area is 140 Å². The van der Waals surface area contributed by atoms with Crippen LogP contribution < -0.4 is 0 Å². The maximum Gasteiger partial charge on any atom is 0.277 e. The van der Waals surface area contributed by atoms with Crippen molar-refractivity contribution in [3.05, 3.63) is 30.3 Å². The van der Waals surface area contributed by atoms with Crippen LogP contribution >= 0.6 is 11.8 Å². The first kappa shape index (κ1) is 16.1. The van der Waals surface area contributed by atoms with Gasteiger partial charge in [-0.05, 0) is 45.2 Å². The summed E-state index contributed by atoms with van der Waals surface area (Å²) in [6, 6.07) is 10.3. The number of thioether (sulfide) groups is 1. The van der Waals surface area contributed by atoms with E-state index in [0.717, 1.165) is 18.4 Å². The predicted molar refractivity (Wildman–Crippen MR) is 90.1 cm³/mol. The summed E-state index contributed by atoms with van der Waals surface area (Å²) in [7, 11) is 0. The first-order valence-corrected chi connectivity index (χ1v) is 8.96. The van der Waals surface area contributed by atoms with Crippen LogP contribution in [0.3, 0.4) is 0 Å². The number of carbonyl (C=O) groups excluding carboxylic acids is 1. The number of amides is 1. The topological polar surface area (TPSA) is 59.2 Å². The molecule has 0 radical (unpaired) electrons. The average molecular weight is 331 g/mol. The van der Waals surface area contributed by atoms with Crippen LogP contribution in [-0.4, -0.2) is 38.8 Å². The predicted octanol–water partition coefficient (Wildman–Crippen LogP) is 3.62. The summed E-state index contributed by atoms with van der Waals surface area (Å²) in [6.45, 7) is 4.25. The molecule has 2 aromatic rings. The zero-order valence-electron chi connectivity index (χ0n) is 13.4. The summed E-state index contributed by atoms with van der Waals surface area (Å²) < 4.78 is 5.63. The average Bonchev–Trinajstić information content (AvgIpc) is 3.02. The fourth-order valence-electron chi connectivity index (χ4n) is 3.08. The van der Waals surface area contributed by atoms with Crippen molar-refractivity contribution < 1.29 is 9.21 Å². The Kier molecular flexibility index (Phi) is 5.00. The number of nitrogens with zero attached hydrogens (tertiary/aromatic N) is 3. The molecular formula is C17H21N3O2S. The van der Waals surface area contributed by atoms with Crippen LogP contribution in [0.1, 0.15) is 33.1 Å². The number of likely N-dealkylation sites (tertiary alicyclic amines) is 1. The number of rotatable bonds is 4. The first-order valence-electron chi connectivity index (χ1n) is 7.98. The zero-order valence-corrected chi connectivity index (χ0v) is 14.3. The summed E-state index contributed by atoms with van der Waals surface area (Å²) in [4.78, 5) is 14.5. The number of hydrogen-bond donors (Lipinski definition) is 0. The van der Waals surface area contributed by atoms with Gasteiger partial charge in [0.25, 0.3) is 5.22 Å². The molecule has 1 amide bonds. The van der Waals surface area contributed by atoms with Gasteiger partial charge < -0.3 is 9.32 Å². The van der Waals surface area contributed by atoms with Crippen molar-refractivity contribution in [2.45, 2.75) is 50.4 Å². The molecule has 1 aliphatic rings. The van der Waals surface area contributed by atoms with Crippen molar-refractivity contribution in [2.75, 3.05) is 5.75 Å². The van der Waals surface area contributed by atoms with Crippen molar-refractivity contribution in [3.63, 3.8) is 0 Å². The van der Waals surface area contributed by atoms with Crippen molar-refractivity contribution in [2.24, 2.45) is 0 Å². The van der Waals surface area contributed by atoms with Crippen molar-refractivity contribution in [1.29, 1.82) is 0 Å². The Morgan fingerprint density at radius 2 is 1.91 bits per heavy atom. The molecule has 23 heavy (non-hydrogen) atoms. The summed E-state index contributed by atoms with van der Waals surface area (Å²) >= 11 is 1.31. The zero-order chi connectivity index (χ0) is 16.2. The minimum atomic E-state index is 0.147. The first-order chi connectivity index (χ1) is 11.1. The lowest BCUT2D eigenvalue weighted by Gasteiger charge is -2.39. The van der Waals surface area contributed by atoms with E-state index in [4.69, 9.17) is 4.42 Å². The molecule has 1 saturated heterocycles. The lowest BCUT2D eigenvalue weighted by atomic mass is 9.98. The van der Waals surface area contributed by atoms with E-state index in [9.17, 15) is 4.79 Å². The molecule has 0 bridgehead atoms. The summed E-state index contributed by atoms with van der Waals surface area (Å²) in [6.07, 6.45) is 3.36. The van der Waals surface area contributed by atoms with Gasteiger partial charge in [0.2, 0.25) is 11.8 Å². The number of carbonyl (C=O) groups is 1.